The predicted molar refractivity (Wildman–Crippen MR) is 115 cm³/mol. The largest absolute Gasteiger partial charge is 0.444 e. The van der Waals surface area contributed by atoms with Crippen molar-refractivity contribution in [3.8, 4) is 0 Å². The second-order valence-electron chi connectivity index (χ2n) is 7.80. The third kappa shape index (κ3) is 8.27. The van der Waals surface area contributed by atoms with Crippen LogP contribution in [-0.4, -0.2) is 66.0 Å². The molecule has 0 unspecified atom stereocenters. The molecule has 0 aromatic heterocycles. The van der Waals surface area contributed by atoms with E-state index in [0.717, 1.165) is 10.0 Å². The number of amides is 3. The summed E-state index contributed by atoms with van der Waals surface area (Å²) in [5, 5.41) is 2.49. The van der Waals surface area contributed by atoms with Gasteiger partial charge in [-0.3, -0.25) is 9.59 Å². The number of halogens is 1. The highest BCUT2D eigenvalue weighted by atomic mass is 79.9. The normalized spacial score (nSPS) is 15.2. The second kappa shape index (κ2) is 10.4. The van der Waals surface area contributed by atoms with Gasteiger partial charge in [0.25, 0.3) is 0 Å². The molecule has 158 valence electrons. The van der Waals surface area contributed by atoms with Crippen LogP contribution in [0.2, 0.25) is 0 Å². The number of nitrogens with one attached hydrogen (secondary N) is 1. The van der Waals surface area contributed by atoms with E-state index in [1.165, 1.54) is 0 Å². The van der Waals surface area contributed by atoms with Gasteiger partial charge in [-0.2, -0.15) is 0 Å². The summed E-state index contributed by atoms with van der Waals surface area (Å²) in [5.74, 6) is -0.260. The van der Waals surface area contributed by atoms with E-state index >= 15 is 0 Å². The van der Waals surface area contributed by atoms with E-state index in [1.807, 2.05) is 24.3 Å². The summed E-state index contributed by atoms with van der Waals surface area (Å²) in [6.45, 7) is 7.21. The van der Waals surface area contributed by atoms with Crippen LogP contribution in [0, 0.1) is 0 Å². The SMILES string of the molecule is CC(C)(C)OC(=O)NCC(=O)N1CCCN(C(=O)/C=C/c2ccc(Br)cc2)CC1. The minimum atomic E-state index is -0.615. The summed E-state index contributed by atoms with van der Waals surface area (Å²) in [6.07, 6.45) is 3.42. The first kappa shape index (κ1) is 22.9. The van der Waals surface area contributed by atoms with E-state index < -0.39 is 11.7 Å². The Morgan fingerprint density at radius 3 is 2.34 bits per heavy atom. The maximum absolute atomic E-state index is 12.5. The van der Waals surface area contributed by atoms with Crippen LogP contribution in [-0.2, 0) is 14.3 Å². The zero-order valence-corrected chi connectivity index (χ0v) is 18.7. The number of nitrogens with zero attached hydrogens (tertiary/aromatic N) is 2. The smallest absolute Gasteiger partial charge is 0.408 e. The minimum Gasteiger partial charge on any atom is -0.444 e. The van der Waals surface area contributed by atoms with Crippen molar-refractivity contribution in [1.82, 2.24) is 15.1 Å². The van der Waals surface area contributed by atoms with E-state index in [4.69, 9.17) is 4.74 Å². The lowest BCUT2D eigenvalue weighted by atomic mass is 10.2. The molecule has 3 amide bonds. The van der Waals surface area contributed by atoms with E-state index in [1.54, 1.807) is 42.7 Å². The molecule has 7 nitrogen and oxygen atoms in total. The second-order valence-corrected chi connectivity index (χ2v) is 8.72. The van der Waals surface area contributed by atoms with Gasteiger partial charge in [0, 0.05) is 36.7 Å². The molecule has 1 fully saturated rings. The molecule has 29 heavy (non-hydrogen) atoms. The first-order valence-electron chi connectivity index (χ1n) is 9.61. The molecule has 1 heterocycles. The number of benzene rings is 1. The zero-order chi connectivity index (χ0) is 21.4. The van der Waals surface area contributed by atoms with Crippen LogP contribution in [0.3, 0.4) is 0 Å². The van der Waals surface area contributed by atoms with Crippen molar-refractivity contribution in [2.75, 3.05) is 32.7 Å². The number of carbonyl (C=O) groups is 3. The van der Waals surface area contributed by atoms with Gasteiger partial charge in [0.05, 0.1) is 0 Å². The molecule has 1 saturated heterocycles. The number of ether oxygens (including phenoxy) is 1. The van der Waals surface area contributed by atoms with E-state index in [0.29, 0.717) is 32.6 Å². The molecule has 0 atom stereocenters. The van der Waals surface area contributed by atoms with Gasteiger partial charge in [0.2, 0.25) is 11.8 Å². The van der Waals surface area contributed by atoms with Gasteiger partial charge in [0.15, 0.2) is 0 Å². The fourth-order valence-electron chi connectivity index (χ4n) is 2.81. The summed E-state index contributed by atoms with van der Waals surface area (Å²) in [6, 6.07) is 7.69. The van der Waals surface area contributed by atoms with Gasteiger partial charge < -0.3 is 19.9 Å². The molecule has 8 heteroatoms. The monoisotopic (exact) mass is 465 g/mol. The fraction of sp³-hybridized carbons (Fsp3) is 0.476. The fourth-order valence-corrected chi connectivity index (χ4v) is 3.07. The van der Waals surface area contributed by atoms with Gasteiger partial charge in [0.1, 0.15) is 12.1 Å². The Morgan fingerprint density at radius 1 is 1.07 bits per heavy atom. The molecule has 1 aliphatic heterocycles. The van der Waals surface area contributed by atoms with Crippen LogP contribution in [0.15, 0.2) is 34.8 Å². The zero-order valence-electron chi connectivity index (χ0n) is 17.1. The topological polar surface area (TPSA) is 79.0 Å². The van der Waals surface area contributed by atoms with Crippen molar-refractivity contribution in [3.63, 3.8) is 0 Å². The van der Waals surface area contributed by atoms with Crippen molar-refractivity contribution in [2.24, 2.45) is 0 Å². The molecule has 2 rings (SSSR count). The van der Waals surface area contributed by atoms with E-state index in [2.05, 4.69) is 21.2 Å². The highest BCUT2D eigenvalue weighted by molar-refractivity contribution is 9.10. The van der Waals surface area contributed by atoms with Gasteiger partial charge in [-0.15, -0.1) is 0 Å². The molecule has 0 spiro atoms. The van der Waals surface area contributed by atoms with E-state index in [-0.39, 0.29) is 18.4 Å². The molecule has 0 bridgehead atoms. The number of rotatable bonds is 4. The molecular formula is C21H28BrN3O4. The quantitative estimate of drug-likeness (QED) is 0.692. The third-order valence-electron chi connectivity index (χ3n) is 4.23. The summed E-state index contributed by atoms with van der Waals surface area (Å²) in [7, 11) is 0. The average molecular weight is 466 g/mol. The summed E-state index contributed by atoms with van der Waals surface area (Å²) in [5.41, 5.74) is 0.335. The van der Waals surface area contributed by atoms with Crippen molar-refractivity contribution < 1.29 is 19.1 Å². The van der Waals surface area contributed by atoms with Crippen LogP contribution in [0.1, 0.15) is 32.8 Å². The molecule has 0 saturated carbocycles. The molecule has 0 radical (unpaired) electrons. The Hall–Kier alpha value is -2.35. The lowest BCUT2D eigenvalue weighted by Crippen LogP contribution is -2.43. The van der Waals surface area contributed by atoms with Crippen LogP contribution in [0.25, 0.3) is 6.08 Å². The van der Waals surface area contributed by atoms with Crippen molar-refractivity contribution >= 4 is 39.9 Å². The summed E-state index contributed by atoms with van der Waals surface area (Å²) in [4.78, 5) is 39.9. The standard InChI is InChI=1S/C21H28BrN3O4/c1-21(2,3)29-20(28)23-15-19(27)25-12-4-11-24(13-14-25)18(26)10-7-16-5-8-17(22)9-6-16/h5-10H,4,11-15H2,1-3H3,(H,23,28)/b10-7+. The number of carbonyl (C=O) groups excluding carboxylic acids is 3. The average Bonchev–Trinajstić information content (AvgIpc) is 2.90. The Bertz CT molecular complexity index is 756. The molecule has 1 aromatic carbocycles. The van der Waals surface area contributed by atoms with Gasteiger partial charge in [-0.25, -0.2) is 4.79 Å². The lowest BCUT2D eigenvalue weighted by molar-refractivity contribution is -0.131. The molecule has 0 aliphatic carbocycles. The van der Waals surface area contributed by atoms with Crippen LogP contribution < -0.4 is 5.32 Å². The first-order valence-corrected chi connectivity index (χ1v) is 10.4. The maximum atomic E-state index is 12.5. The Morgan fingerprint density at radius 2 is 1.69 bits per heavy atom. The molecule has 1 N–H and O–H groups in total. The summed E-state index contributed by atoms with van der Waals surface area (Å²) < 4.78 is 6.12. The number of alkyl carbamates (subject to hydrolysis) is 1. The predicted octanol–water partition coefficient (Wildman–Crippen LogP) is 3.05. The van der Waals surface area contributed by atoms with Gasteiger partial charge >= 0.3 is 6.09 Å². The Balaban J connectivity index is 1.81. The van der Waals surface area contributed by atoms with Crippen LogP contribution in [0.4, 0.5) is 4.79 Å². The van der Waals surface area contributed by atoms with Crippen molar-refractivity contribution in [3.05, 3.63) is 40.4 Å². The van der Waals surface area contributed by atoms with Crippen molar-refractivity contribution in [2.45, 2.75) is 32.8 Å². The van der Waals surface area contributed by atoms with Crippen molar-refractivity contribution in [1.29, 1.82) is 0 Å². The van der Waals surface area contributed by atoms with Gasteiger partial charge in [-0.05, 0) is 51.0 Å². The van der Waals surface area contributed by atoms with E-state index in [9.17, 15) is 14.4 Å². The van der Waals surface area contributed by atoms with Gasteiger partial charge in [-0.1, -0.05) is 28.1 Å². The number of hydrogen-bond acceptors (Lipinski definition) is 4. The van der Waals surface area contributed by atoms with Crippen LogP contribution in [0.5, 0.6) is 0 Å². The lowest BCUT2D eigenvalue weighted by Gasteiger charge is -2.23. The highest BCUT2D eigenvalue weighted by Crippen LogP contribution is 2.12. The Kier molecular flexibility index (Phi) is 8.25. The molecule has 1 aliphatic rings. The first-order chi connectivity index (χ1) is 13.6. The highest BCUT2D eigenvalue weighted by Gasteiger charge is 2.22. The van der Waals surface area contributed by atoms with Crippen LogP contribution >= 0.6 is 15.9 Å². The minimum absolute atomic E-state index is 0.0749. The number of hydrogen-bond donors (Lipinski definition) is 1. The molecule has 1 aromatic rings. The Labute approximate surface area is 180 Å². The third-order valence-corrected chi connectivity index (χ3v) is 4.76. The maximum Gasteiger partial charge on any atom is 0.408 e. The summed E-state index contributed by atoms with van der Waals surface area (Å²) >= 11 is 3.38. The molecular weight excluding hydrogens is 438 g/mol.